The number of benzene rings is 1. The van der Waals surface area contributed by atoms with Crippen molar-refractivity contribution < 1.29 is 9.90 Å². The van der Waals surface area contributed by atoms with Crippen molar-refractivity contribution in [3.05, 3.63) is 24.3 Å². The third-order valence-electron chi connectivity index (χ3n) is 2.64. The number of phenolic OH excluding ortho intramolecular Hbond substituents is 1. The number of nitrogens with zero attached hydrogens (tertiary/aromatic N) is 1. The van der Waals surface area contributed by atoms with Crippen LogP contribution >= 0.6 is 11.8 Å². The van der Waals surface area contributed by atoms with E-state index in [2.05, 4.69) is 0 Å². The van der Waals surface area contributed by atoms with Gasteiger partial charge in [0.05, 0.1) is 0 Å². The summed E-state index contributed by atoms with van der Waals surface area (Å²) in [6, 6.07) is 7.16. The molecule has 0 spiro atoms. The van der Waals surface area contributed by atoms with Crippen molar-refractivity contribution in [3.63, 3.8) is 0 Å². The lowest BCUT2D eigenvalue weighted by molar-refractivity contribution is -0.127. The van der Waals surface area contributed by atoms with Gasteiger partial charge in [0.15, 0.2) is 0 Å². The lowest BCUT2D eigenvalue weighted by atomic mass is 10.3. The van der Waals surface area contributed by atoms with Crippen LogP contribution in [0.2, 0.25) is 0 Å². The summed E-state index contributed by atoms with van der Waals surface area (Å²) >= 11 is 1.71. The Kier molecular flexibility index (Phi) is 3.72. The van der Waals surface area contributed by atoms with E-state index in [1.165, 1.54) is 0 Å². The molecule has 1 aromatic rings. The Labute approximate surface area is 99.5 Å². The molecule has 1 saturated heterocycles. The standard InChI is InChI=1S/C12H15NO2S/c14-10-3-5-11(6-4-10)16-9-8-13-7-1-2-12(13)15/h3-6,14H,1-2,7-9H2. The largest absolute Gasteiger partial charge is 0.508 e. The second-order valence-corrected chi connectivity index (χ2v) is 5.00. The molecule has 1 amide bonds. The molecule has 86 valence electrons. The average molecular weight is 237 g/mol. The van der Waals surface area contributed by atoms with Gasteiger partial charge in [-0.15, -0.1) is 11.8 Å². The van der Waals surface area contributed by atoms with Crippen LogP contribution in [0.25, 0.3) is 0 Å². The number of likely N-dealkylation sites (tertiary alicyclic amines) is 1. The fraction of sp³-hybridized carbons (Fsp3) is 0.417. The summed E-state index contributed by atoms with van der Waals surface area (Å²) < 4.78 is 0. The molecule has 16 heavy (non-hydrogen) atoms. The van der Waals surface area contributed by atoms with E-state index in [9.17, 15) is 4.79 Å². The molecule has 4 heteroatoms. The third kappa shape index (κ3) is 2.92. The number of hydrogen-bond acceptors (Lipinski definition) is 3. The van der Waals surface area contributed by atoms with Crippen LogP contribution in [0.5, 0.6) is 5.75 Å². The second kappa shape index (κ2) is 5.25. The zero-order valence-electron chi connectivity index (χ0n) is 9.06. The van der Waals surface area contributed by atoms with Crippen molar-refractivity contribution >= 4 is 17.7 Å². The Bertz CT molecular complexity index is 364. The van der Waals surface area contributed by atoms with E-state index >= 15 is 0 Å². The number of amides is 1. The minimum absolute atomic E-state index is 0.284. The normalized spacial score (nSPS) is 15.8. The Balaban J connectivity index is 1.75. The monoisotopic (exact) mass is 237 g/mol. The van der Waals surface area contributed by atoms with Gasteiger partial charge in [-0.1, -0.05) is 0 Å². The lowest BCUT2D eigenvalue weighted by Crippen LogP contribution is -2.26. The van der Waals surface area contributed by atoms with Crippen LogP contribution < -0.4 is 0 Å². The summed E-state index contributed by atoms with van der Waals surface area (Å²) in [7, 11) is 0. The molecule has 0 saturated carbocycles. The highest BCUT2D eigenvalue weighted by Gasteiger charge is 2.18. The fourth-order valence-electron chi connectivity index (χ4n) is 1.76. The molecule has 1 N–H and O–H groups in total. The smallest absolute Gasteiger partial charge is 0.222 e. The maximum Gasteiger partial charge on any atom is 0.222 e. The van der Waals surface area contributed by atoms with Crippen LogP contribution in [0.4, 0.5) is 0 Å². The van der Waals surface area contributed by atoms with Gasteiger partial charge >= 0.3 is 0 Å². The second-order valence-electron chi connectivity index (χ2n) is 3.83. The highest BCUT2D eigenvalue weighted by Crippen LogP contribution is 2.21. The summed E-state index contributed by atoms with van der Waals surface area (Å²) in [5.41, 5.74) is 0. The SMILES string of the molecule is O=C1CCCN1CCSc1ccc(O)cc1. The number of carbonyl (C=O) groups excluding carboxylic acids is 1. The van der Waals surface area contributed by atoms with Gasteiger partial charge in [-0.25, -0.2) is 0 Å². The highest BCUT2D eigenvalue weighted by atomic mass is 32.2. The Hall–Kier alpha value is -1.16. The molecule has 0 aromatic heterocycles. The number of phenols is 1. The maximum absolute atomic E-state index is 11.3. The minimum Gasteiger partial charge on any atom is -0.508 e. The summed E-state index contributed by atoms with van der Waals surface area (Å²) in [5, 5.41) is 9.13. The molecule has 0 atom stereocenters. The predicted molar refractivity (Wildman–Crippen MR) is 64.6 cm³/mol. The lowest BCUT2D eigenvalue weighted by Gasteiger charge is -2.14. The summed E-state index contributed by atoms with van der Waals surface area (Å²) in [5.74, 6) is 1.49. The van der Waals surface area contributed by atoms with Crippen LogP contribution in [-0.2, 0) is 4.79 Å². The maximum atomic E-state index is 11.3. The number of thioether (sulfide) groups is 1. The number of aromatic hydroxyl groups is 1. The summed E-state index contributed by atoms with van der Waals surface area (Å²) in [6.45, 7) is 1.74. The molecule has 1 fully saturated rings. The summed E-state index contributed by atoms with van der Waals surface area (Å²) in [4.78, 5) is 14.4. The van der Waals surface area contributed by atoms with Gasteiger partial charge in [0, 0.05) is 30.2 Å². The van der Waals surface area contributed by atoms with Gasteiger partial charge in [0.25, 0.3) is 0 Å². The average Bonchev–Trinajstić information content (AvgIpc) is 2.68. The van der Waals surface area contributed by atoms with Crippen molar-refractivity contribution in [1.82, 2.24) is 4.90 Å². The molecule has 2 rings (SSSR count). The van der Waals surface area contributed by atoms with Crippen molar-refractivity contribution in [2.45, 2.75) is 17.7 Å². The van der Waals surface area contributed by atoms with E-state index in [-0.39, 0.29) is 5.91 Å². The van der Waals surface area contributed by atoms with Crippen molar-refractivity contribution in [2.24, 2.45) is 0 Å². The van der Waals surface area contributed by atoms with Crippen LogP contribution in [0.15, 0.2) is 29.2 Å². The third-order valence-corrected chi connectivity index (χ3v) is 3.63. The van der Waals surface area contributed by atoms with Gasteiger partial charge in [-0.2, -0.15) is 0 Å². The molecule has 1 heterocycles. The highest BCUT2D eigenvalue weighted by molar-refractivity contribution is 7.99. The molecular formula is C12H15NO2S. The molecule has 1 aliphatic heterocycles. The van der Waals surface area contributed by atoms with Crippen molar-refractivity contribution in [3.8, 4) is 5.75 Å². The van der Waals surface area contributed by atoms with Gasteiger partial charge in [-0.05, 0) is 30.7 Å². The topological polar surface area (TPSA) is 40.5 Å². The van der Waals surface area contributed by atoms with Gasteiger partial charge in [0.1, 0.15) is 5.75 Å². The first-order valence-corrected chi connectivity index (χ1v) is 6.44. The number of rotatable bonds is 4. The molecule has 0 aliphatic carbocycles. The zero-order valence-corrected chi connectivity index (χ0v) is 9.87. The van der Waals surface area contributed by atoms with E-state index in [4.69, 9.17) is 5.11 Å². The molecule has 0 bridgehead atoms. The minimum atomic E-state index is 0.284. The zero-order chi connectivity index (χ0) is 11.4. The Morgan fingerprint density at radius 3 is 2.69 bits per heavy atom. The molecular weight excluding hydrogens is 222 g/mol. The van der Waals surface area contributed by atoms with Crippen molar-refractivity contribution in [1.29, 1.82) is 0 Å². The van der Waals surface area contributed by atoms with Crippen molar-refractivity contribution in [2.75, 3.05) is 18.8 Å². The fourth-order valence-corrected chi connectivity index (χ4v) is 2.63. The summed E-state index contributed by atoms with van der Waals surface area (Å²) in [6.07, 6.45) is 1.71. The molecule has 1 aliphatic rings. The van der Waals surface area contributed by atoms with Gasteiger partial charge < -0.3 is 10.0 Å². The number of carbonyl (C=O) groups is 1. The van der Waals surface area contributed by atoms with E-state index in [0.29, 0.717) is 12.2 Å². The van der Waals surface area contributed by atoms with E-state index in [1.54, 1.807) is 23.9 Å². The first kappa shape index (κ1) is 11.3. The first-order valence-electron chi connectivity index (χ1n) is 5.45. The van der Waals surface area contributed by atoms with Crippen LogP contribution in [0, 0.1) is 0 Å². The quantitative estimate of drug-likeness (QED) is 0.815. The predicted octanol–water partition coefficient (Wildman–Crippen LogP) is 2.11. The molecule has 0 radical (unpaired) electrons. The Morgan fingerprint density at radius 2 is 2.06 bits per heavy atom. The van der Waals surface area contributed by atoms with E-state index in [0.717, 1.165) is 30.2 Å². The number of hydrogen-bond donors (Lipinski definition) is 1. The van der Waals surface area contributed by atoms with E-state index < -0.39 is 0 Å². The van der Waals surface area contributed by atoms with Crippen LogP contribution in [-0.4, -0.2) is 34.8 Å². The van der Waals surface area contributed by atoms with Crippen LogP contribution in [0.1, 0.15) is 12.8 Å². The molecule has 0 unspecified atom stereocenters. The van der Waals surface area contributed by atoms with Gasteiger partial charge in [-0.3, -0.25) is 4.79 Å². The van der Waals surface area contributed by atoms with Gasteiger partial charge in [0.2, 0.25) is 5.91 Å². The Morgan fingerprint density at radius 1 is 1.31 bits per heavy atom. The van der Waals surface area contributed by atoms with Crippen LogP contribution in [0.3, 0.4) is 0 Å². The first-order chi connectivity index (χ1) is 7.75. The molecule has 3 nitrogen and oxygen atoms in total. The molecule has 1 aromatic carbocycles. The van der Waals surface area contributed by atoms with E-state index in [1.807, 2.05) is 17.0 Å².